The summed E-state index contributed by atoms with van der Waals surface area (Å²) in [6.45, 7) is 0.669. The van der Waals surface area contributed by atoms with Crippen LogP contribution < -0.4 is 10.1 Å². The highest BCUT2D eigenvalue weighted by Crippen LogP contribution is 2.22. The van der Waals surface area contributed by atoms with Crippen molar-refractivity contribution in [3.05, 3.63) is 83.6 Å². The molecule has 2 heterocycles. The Labute approximate surface area is 190 Å². The molecule has 2 N–H and O–H groups in total. The summed E-state index contributed by atoms with van der Waals surface area (Å²) in [7, 11) is 2.02. The number of aromatic nitrogens is 3. The predicted molar refractivity (Wildman–Crippen MR) is 124 cm³/mol. The van der Waals surface area contributed by atoms with Crippen LogP contribution in [0.4, 0.5) is 10.3 Å². The monoisotopic (exact) mass is 448 g/mol. The van der Waals surface area contributed by atoms with Crippen LogP contribution in [-0.2, 0) is 19.9 Å². The third kappa shape index (κ3) is 5.46. The smallest absolute Gasteiger partial charge is 0.339 e. The number of carboxylic acids is 1. The number of nitrogens with zero attached hydrogens (tertiary/aromatic N) is 3. The molecule has 0 bridgehead atoms. The van der Waals surface area contributed by atoms with Gasteiger partial charge in [0.2, 0.25) is 5.95 Å². The first-order valence-corrected chi connectivity index (χ1v) is 10.8. The number of para-hydroxylation sites is 1. The van der Waals surface area contributed by atoms with Crippen LogP contribution in [0.15, 0.2) is 60.9 Å². The molecule has 0 aliphatic rings. The van der Waals surface area contributed by atoms with E-state index < -0.39 is 5.97 Å². The quantitative estimate of drug-likeness (QED) is 0.348. The van der Waals surface area contributed by atoms with E-state index in [1.54, 1.807) is 12.1 Å². The van der Waals surface area contributed by atoms with Crippen molar-refractivity contribution in [2.75, 3.05) is 18.5 Å². The van der Waals surface area contributed by atoms with Crippen molar-refractivity contribution in [3.8, 4) is 5.75 Å². The standard InChI is InChI=1S/C25H25FN4O3/c1-30-16-17(20-9-2-3-11-23(20)30)6-4-10-22-21(24(31)32)15-28-25(29-22)27-12-13-33-19-8-5-7-18(26)14-19/h2-3,5,7-9,11,14-16H,4,6,10,12-13H2,1H3,(H,31,32)(H,27,28,29). The van der Waals surface area contributed by atoms with E-state index >= 15 is 0 Å². The molecule has 4 rings (SSSR count). The highest BCUT2D eigenvalue weighted by Gasteiger charge is 2.14. The fraction of sp³-hybridized carbons (Fsp3) is 0.240. The Kier molecular flexibility index (Phi) is 6.83. The number of anilines is 1. The number of rotatable bonds is 10. The van der Waals surface area contributed by atoms with Crippen LogP contribution in [0.25, 0.3) is 10.9 Å². The van der Waals surface area contributed by atoms with Gasteiger partial charge in [-0.3, -0.25) is 0 Å². The Morgan fingerprint density at radius 3 is 2.85 bits per heavy atom. The summed E-state index contributed by atoms with van der Waals surface area (Å²) in [5.41, 5.74) is 3.00. The van der Waals surface area contributed by atoms with Crippen LogP contribution >= 0.6 is 0 Å². The number of halogens is 1. The highest BCUT2D eigenvalue weighted by atomic mass is 19.1. The maximum Gasteiger partial charge on any atom is 0.339 e. The second-order valence-electron chi connectivity index (χ2n) is 7.73. The van der Waals surface area contributed by atoms with Crippen molar-refractivity contribution in [3.63, 3.8) is 0 Å². The molecule has 0 saturated carbocycles. The maximum atomic E-state index is 13.2. The number of aromatic carboxylic acids is 1. The number of benzene rings is 2. The second-order valence-corrected chi connectivity index (χ2v) is 7.73. The SMILES string of the molecule is Cn1cc(CCCc2nc(NCCOc3cccc(F)c3)ncc2C(=O)O)c2ccccc21. The summed E-state index contributed by atoms with van der Waals surface area (Å²) in [6.07, 6.45) is 5.54. The van der Waals surface area contributed by atoms with Crippen LogP contribution in [0.5, 0.6) is 5.75 Å². The largest absolute Gasteiger partial charge is 0.492 e. The third-order valence-corrected chi connectivity index (χ3v) is 5.39. The lowest BCUT2D eigenvalue weighted by molar-refractivity contribution is 0.0694. The van der Waals surface area contributed by atoms with Crippen LogP contribution in [0, 0.1) is 5.82 Å². The minimum Gasteiger partial charge on any atom is -0.492 e. The molecule has 2 aromatic heterocycles. The average molecular weight is 448 g/mol. The highest BCUT2D eigenvalue weighted by molar-refractivity contribution is 5.88. The number of nitrogens with one attached hydrogen (secondary N) is 1. The van der Waals surface area contributed by atoms with Gasteiger partial charge in [0, 0.05) is 36.4 Å². The van der Waals surface area contributed by atoms with Gasteiger partial charge >= 0.3 is 5.97 Å². The molecule has 33 heavy (non-hydrogen) atoms. The van der Waals surface area contributed by atoms with Gasteiger partial charge < -0.3 is 19.7 Å². The molecular formula is C25H25FN4O3. The molecule has 0 atom stereocenters. The number of carbonyl (C=O) groups is 1. The number of aryl methyl sites for hydroxylation is 3. The van der Waals surface area contributed by atoms with Gasteiger partial charge in [0.05, 0.1) is 17.8 Å². The first-order valence-electron chi connectivity index (χ1n) is 10.8. The molecule has 0 amide bonds. The summed E-state index contributed by atoms with van der Waals surface area (Å²) in [5.74, 6) is -0.631. The summed E-state index contributed by atoms with van der Waals surface area (Å²) >= 11 is 0. The van der Waals surface area contributed by atoms with E-state index in [1.165, 1.54) is 34.8 Å². The van der Waals surface area contributed by atoms with Crippen LogP contribution in [0.2, 0.25) is 0 Å². The Balaban J connectivity index is 1.37. The molecule has 0 radical (unpaired) electrons. The minimum atomic E-state index is -1.05. The van der Waals surface area contributed by atoms with E-state index in [0.717, 1.165) is 12.8 Å². The summed E-state index contributed by atoms with van der Waals surface area (Å²) in [4.78, 5) is 20.2. The Morgan fingerprint density at radius 2 is 2.03 bits per heavy atom. The van der Waals surface area contributed by atoms with E-state index in [4.69, 9.17) is 4.74 Å². The van der Waals surface area contributed by atoms with E-state index in [9.17, 15) is 14.3 Å². The zero-order valence-corrected chi connectivity index (χ0v) is 18.3. The van der Waals surface area contributed by atoms with Gasteiger partial charge in [-0.05, 0) is 43.0 Å². The Bertz CT molecular complexity index is 1270. The summed E-state index contributed by atoms with van der Waals surface area (Å²) in [5, 5.41) is 13.8. The van der Waals surface area contributed by atoms with Gasteiger partial charge in [0.15, 0.2) is 0 Å². The average Bonchev–Trinajstić information content (AvgIpc) is 3.12. The second kappa shape index (κ2) is 10.1. The molecule has 0 fully saturated rings. The van der Waals surface area contributed by atoms with Gasteiger partial charge in [-0.2, -0.15) is 0 Å². The van der Waals surface area contributed by atoms with Crippen molar-refractivity contribution in [2.45, 2.75) is 19.3 Å². The normalized spacial score (nSPS) is 11.0. The zero-order valence-electron chi connectivity index (χ0n) is 18.3. The number of ether oxygens (including phenoxy) is 1. The van der Waals surface area contributed by atoms with Crippen molar-refractivity contribution in [1.29, 1.82) is 0 Å². The Hall–Kier alpha value is -3.94. The fourth-order valence-corrected chi connectivity index (χ4v) is 3.83. The molecule has 0 unspecified atom stereocenters. The lowest BCUT2D eigenvalue weighted by atomic mass is 10.0. The van der Waals surface area contributed by atoms with Crippen molar-refractivity contribution in [2.24, 2.45) is 7.05 Å². The molecule has 0 spiro atoms. The van der Waals surface area contributed by atoms with Crippen molar-refractivity contribution in [1.82, 2.24) is 14.5 Å². The van der Waals surface area contributed by atoms with E-state index in [2.05, 4.69) is 38.2 Å². The van der Waals surface area contributed by atoms with Gasteiger partial charge in [0.25, 0.3) is 0 Å². The lowest BCUT2D eigenvalue weighted by Gasteiger charge is -2.10. The van der Waals surface area contributed by atoms with Crippen molar-refractivity contribution < 1.29 is 19.0 Å². The summed E-state index contributed by atoms with van der Waals surface area (Å²) in [6, 6.07) is 14.1. The lowest BCUT2D eigenvalue weighted by Crippen LogP contribution is -2.15. The molecule has 2 aromatic carbocycles. The molecule has 7 nitrogen and oxygen atoms in total. The minimum absolute atomic E-state index is 0.106. The third-order valence-electron chi connectivity index (χ3n) is 5.39. The molecular weight excluding hydrogens is 423 g/mol. The van der Waals surface area contributed by atoms with Gasteiger partial charge in [-0.1, -0.05) is 24.3 Å². The number of hydrogen-bond donors (Lipinski definition) is 2. The first-order chi connectivity index (χ1) is 16.0. The zero-order chi connectivity index (χ0) is 23.2. The number of carboxylic acid groups (broad SMARTS) is 1. The summed E-state index contributed by atoms with van der Waals surface area (Å²) < 4.78 is 20.8. The van der Waals surface area contributed by atoms with Gasteiger partial charge in [-0.15, -0.1) is 0 Å². The molecule has 0 aliphatic heterocycles. The Morgan fingerprint density at radius 1 is 1.18 bits per heavy atom. The van der Waals surface area contributed by atoms with Crippen molar-refractivity contribution >= 4 is 22.8 Å². The number of hydrogen-bond acceptors (Lipinski definition) is 5. The fourth-order valence-electron chi connectivity index (χ4n) is 3.83. The molecule has 8 heteroatoms. The number of fused-ring (bicyclic) bond motifs is 1. The maximum absolute atomic E-state index is 13.2. The molecule has 0 aliphatic carbocycles. The first kappa shape index (κ1) is 22.3. The van der Waals surface area contributed by atoms with Crippen LogP contribution in [0.3, 0.4) is 0 Å². The topological polar surface area (TPSA) is 89.3 Å². The van der Waals surface area contributed by atoms with Crippen LogP contribution in [0.1, 0.15) is 28.0 Å². The molecule has 170 valence electrons. The molecule has 4 aromatic rings. The van der Waals surface area contributed by atoms with E-state index in [0.29, 0.717) is 30.4 Å². The van der Waals surface area contributed by atoms with Gasteiger partial charge in [0.1, 0.15) is 18.2 Å². The van der Waals surface area contributed by atoms with E-state index in [1.807, 2.05) is 19.2 Å². The van der Waals surface area contributed by atoms with Crippen LogP contribution in [-0.4, -0.2) is 38.8 Å². The molecule has 0 saturated heterocycles. The van der Waals surface area contributed by atoms with E-state index in [-0.39, 0.29) is 18.0 Å². The van der Waals surface area contributed by atoms with Gasteiger partial charge in [-0.25, -0.2) is 19.2 Å². The predicted octanol–water partition coefficient (Wildman–Crippen LogP) is 4.47.